The number of hydrogen-bond donors (Lipinski definition) is 1. The van der Waals surface area contributed by atoms with Crippen molar-refractivity contribution in [2.45, 2.75) is 6.92 Å². The van der Waals surface area contributed by atoms with Crippen LogP contribution in [0.3, 0.4) is 0 Å². The minimum Gasteiger partial charge on any atom is -0.493 e. The number of nitrogens with zero attached hydrogens (tertiary/aromatic N) is 1. The number of amides is 2. The Morgan fingerprint density at radius 1 is 1.19 bits per heavy atom. The van der Waals surface area contributed by atoms with Gasteiger partial charge >= 0.3 is 0 Å². The smallest absolute Gasteiger partial charge is 0.270 e. The van der Waals surface area contributed by atoms with Crippen LogP contribution < -0.4 is 19.7 Å². The Labute approximate surface area is 225 Å². The Bertz CT molecular complexity index is 1380. The van der Waals surface area contributed by atoms with Crippen LogP contribution in [0.25, 0.3) is 6.08 Å². The highest BCUT2D eigenvalue weighted by Crippen LogP contribution is 2.40. The van der Waals surface area contributed by atoms with Crippen molar-refractivity contribution in [2.75, 3.05) is 23.9 Å². The Balaban J connectivity index is 1.58. The van der Waals surface area contributed by atoms with Crippen LogP contribution in [0.1, 0.15) is 22.8 Å². The van der Waals surface area contributed by atoms with Crippen LogP contribution in [0, 0.1) is 5.82 Å². The molecule has 3 aromatic carbocycles. The molecule has 10 heteroatoms. The molecule has 0 aromatic heterocycles. The molecule has 4 rings (SSSR count). The maximum Gasteiger partial charge on any atom is 0.270 e. The lowest BCUT2D eigenvalue weighted by Crippen LogP contribution is -2.27. The Morgan fingerprint density at radius 2 is 1.94 bits per heavy atom. The molecule has 0 aliphatic carbocycles. The number of ether oxygens (including phenoxy) is 2. The van der Waals surface area contributed by atoms with Crippen LogP contribution in [0.5, 0.6) is 11.5 Å². The molecule has 1 aliphatic rings. The highest BCUT2D eigenvalue weighted by Gasteiger charge is 2.33. The fraction of sp³-hybridized carbons (Fsp3) is 0.115. The molecule has 3 aromatic rings. The molecule has 0 atom stereocenters. The van der Waals surface area contributed by atoms with Gasteiger partial charge < -0.3 is 14.8 Å². The van der Waals surface area contributed by atoms with Crippen LogP contribution in [-0.2, 0) is 4.79 Å². The fourth-order valence-corrected chi connectivity index (χ4v) is 5.35. The van der Waals surface area contributed by atoms with Crippen molar-refractivity contribution < 1.29 is 23.5 Å². The zero-order valence-corrected chi connectivity index (χ0v) is 22.4. The lowest BCUT2D eigenvalue weighted by atomic mass is 10.1. The zero-order chi connectivity index (χ0) is 25.8. The third-order valence-corrected chi connectivity index (χ3v) is 6.99. The molecular formula is C26H20BrFN2O4S2. The molecule has 1 heterocycles. The zero-order valence-electron chi connectivity index (χ0n) is 19.2. The number of methoxy groups -OCH3 is 1. The largest absolute Gasteiger partial charge is 0.493 e. The molecule has 0 unspecified atom stereocenters. The minimum atomic E-state index is -0.395. The standard InChI is InChI=1S/C26H20BrFN2O4S2/c1-3-34-23-20(27)11-15(12-21(23)33-2)13-22-25(32)30(26(35)36-22)19-6-4-5-16(14-19)24(31)29-18-9-7-17(28)8-10-18/h4-14H,3H2,1-2H3,(H,29,31)/b22-13+. The van der Waals surface area contributed by atoms with Gasteiger partial charge in [0.2, 0.25) is 0 Å². The van der Waals surface area contributed by atoms with Crippen LogP contribution in [0.2, 0.25) is 0 Å². The van der Waals surface area contributed by atoms with Crippen molar-refractivity contribution in [2.24, 2.45) is 0 Å². The van der Waals surface area contributed by atoms with E-state index in [-0.39, 0.29) is 5.91 Å². The predicted molar refractivity (Wildman–Crippen MR) is 148 cm³/mol. The summed E-state index contributed by atoms with van der Waals surface area (Å²) in [6.07, 6.45) is 1.73. The normalized spacial score (nSPS) is 14.3. The van der Waals surface area contributed by atoms with Gasteiger partial charge in [0.05, 0.1) is 28.8 Å². The molecule has 0 bridgehead atoms. The monoisotopic (exact) mass is 586 g/mol. The first-order chi connectivity index (χ1) is 17.3. The minimum absolute atomic E-state index is 0.301. The first-order valence-corrected chi connectivity index (χ1v) is 12.8. The molecule has 36 heavy (non-hydrogen) atoms. The summed E-state index contributed by atoms with van der Waals surface area (Å²) in [6, 6.07) is 15.7. The van der Waals surface area contributed by atoms with Crippen molar-refractivity contribution in [1.82, 2.24) is 0 Å². The molecule has 1 N–H and O–H groups in total. The van der Waals surface area contributed by atoms with Gasteiger partial charge in [0.25, 0.3) is 11.8 Å². The predicted octanol–water partition coefficient (Wildman–Crippen LogP) is 6.65. The molecule has 1 saturated heterocycles. The SMILES string of the molecule is CCOc1c(Br)cc(/C=C2/SC(=S)N(c3cccc(C(=O)Nc4ccc(F)cc4)c3)C2=O)cc1OC. The van der Waals surface area contributed by atoms with Gasteiger partial charge in [-0.2, -0.15) is 0 Å². The highest BCUT2D eigenvalue weighted by atomic mass is 79.9. The number of carbonyl (C=O) groups is 2. The fourth-order valence-electron chi connectivity index (χ4n) is 3.47. The third kappa shape index (κ3) is 5.61. The molecule has 1 aliphatic heterocycles. The second-order valence-electron chi connectivity index (χ2n) is 7.50. The van der Waals surface area contributed by atoms with E-state index in [2.05, 4.69) is 21.2 Å². The van der Waals surface area contributed by atoms with Crippen molar-refractivity contribution >= 4 is 73.5 Å². The van der Waals surface area contributed by atoms with E-state index in [0.29, 0.717) is 48.7 Å². The maximum atomic E-state index is 13.3. The second-order valence-corrected chi connectivity index (χ2v) is 10.0. The number of rotatable bonds is 7. The van der Waals surface area contributed by atoms with E-state index in [0.717, 1.165) is 5.56 Å². The van der Waals surface area contributed by atoms with Gasteiger partial charge in [0.15, 0.2) is 15.8 Å². The lowest BCUT2D eigenvalue weighted by Gasteiger charge is -2.15. The van der Waals surface area contributed by atoms with Crippen LogP contribution >= 0.6 is 39.9 Å². The van der Waals surface area contributed by atoms with Crippen molar-refractivity contribution in [3.63, 3.8) is 0 Å². The summed E-state index contributed by atoms with van der Waals surface area (Å²) in [5.41, 5.74) is 1.99. The molecular weight excluding hydrogens is 567 g/mol. The topological polar surface area (TPSA) is 67.9 Å². The number of hydrogen-bond acceptors (Lipinski definition) is 6. The van der Waals surface area contributed by atoms with E-state index < -0.39 is 11.7 Å². The van der Waals surface area contributed by atoms with Crippen LogP contribution in [0.4, 0.5) is 15.8 Å². The van der Waals surface area contributed by atoms with Gasteiger partial charge in [-0.3, -0.25) is 14.5 Å². The van der Waals surface area contributed by atoms with Crippen molar-refractivity contribution in [1.29, 1.82) is 0 Å². The summed E-state index contributed by atoms with van der Waals surface area (Å²) < 4.78 is 25.2. The van der Waals surface area contributed by atoms with E-state index in [9.17, 15) is 14.0 Å². The van der Waals surface area contributed by atoms with E-state index >= 15 is 0 Å². The Hall–Kier alpha value is -3.21. The van der Waals surface area contributed by atoms with Gasteiger partial charge in [-0.05, 0) is 89.1 Å². The molecule has 0 saturated carbocycles. The average molecular weight is 587 g/mol. The number of halogens is 2. The van der Waals surface area contributed by atoms with Crippen molar-refractivity contribution in [3.8, 4) is 11.5 Å². The number of thiocarbonyl (C=S) groups is 1. The molecule has 0 radical (unpaired) electrons. The maximum absolute atomic E-state index is 13.3. The summed E-state index contributed by atoms with van der Waals surface area (Å²) in [5.74, 6) is 0.0301. The second kappa shape index (κ2) is 11.2. The molecule has 2 amide bonds. The molecule has 184 valence electrons. The summed E-state index contributed by atoms with van der Waals surface area (Å²) in [7, 11) is 1.55. The number of thioether (sulfide) groups is 1. The van der Waals surface area contributed by atoms with Crippen LogP contribution in [0.15, 0.2) is 70.0 Å². The van der Waals surface area contributed by atoms with Gasteiger partial charge in [-0.25, -0.2) is 4.39 Å². The summed E-state index contributed by atoms with van der Waals surface area (Å²) in [6.45, 7) is 2.36. The average Bonchev–Trinajstić information content (AvgIpc) is 3.14. The summed E-state index contributed by atoms with van der Waals surface area (Å²) >= 11 is 10.1. The van der Waals surface area contributed by atoms with E-state index in [4.69, 9.17) is 21.7 Å². The van der Waals surface area contributed by atoms with E-state index in [1.807, 2.05) is 13.0 Å². The van der Waals surface area contributed by atoms with Gasteiger partial charge in [0.1, 0.15) is 5.82 Å². The number of anilines is 2. The lowest BCUT2D eigenvalue weighted by molar-refractivity contribution is -0.113. The first-order valence-electron chi connectivity index (χ1n) is 10.8. The third-order valence-electron chi connectivity index (χ3n) is 5.10. The summed E-state index contributed by atoms with van der Waals surface area (Å²) in [5, 5.41) is 2.71. The highest BCUT2D eigenvalue weighted by molar-refractivity contribution is 9.10. The quantitative estimate of drug-likeness (QED) is 0.247. The Morgan fingerprint density at radius 3 is 2.64 bits per heavy atom. The Kier molecular flexibility index (Phi) is 8.07. The summed E-state index contributed by atoms with van der Waals surface area (Å²) in [4.78, 5) is 27.8. The number of carbonyl (C=O) groups excluding carboxylic acids is 2. The van der Waals surface area contributed by atoms with Gasteiger partial charge in [0, 0.05) is 11.3 Å². The first kappa shape index (κ1) is 25.9. The molecule has 1 fully saturated rings. The van der Waals surface area contributed by atoms with Gasteiger partial charge in [-0.1, -0.05) is 30.0 Å². The van der Waals surface area contributed by atoms with Crippen molar-refractivity contribution in [3.05, 3.63) is 87.0 Å². The number of nitrogens with one attached hydrogen (secondary N) is 1. The number of benzene rings is 3. The molecule has 6 nitrogen and oxygen atoms in total. The van der Waals surface area contributed by atoms with Crippen LogP contribution in [-0.4, -0.2) is 29.9 Å². The van der Waals surface area contributed by atoms with E-state index in [1.165, 1.54) is 40.9 Å². The molecule has 0 spiro atoms. The van der Waals surface area contributed by atoms with E-state index in [1.54, 1.807) is 43.5 Å². The van der Waals surface area contributed by atoms with Gasteiger partial charge in [-0.15, -0.1) is 0 Å².